The number of ether oxygens (including phenoxy) is 2. The van der Waals surface area contributed by atoms with Crippen LogP contribution in [0.3, 0.4) is 0 Å². The van der Waals surface area contributed by atoms with Crippen molar-refractivity contribution in [2.45, 2.75) is 6.92 Å². The summed E-state index contributed by atoms with van der Waals surface area (Å²) in [6.45, 7) is 5.02. The highest BCUT2D eigenvalue weighted by Gasteiger charge is 2.19. The predicted molar refractivity (Wildman–Crippen MR) is 77.3 cm³/mol. The normalized spacial score (nSPS) is 16.7. The van der Waals surface area contributed by atoms with Gasteiger partial charge in [0.1, 0.15) is 0 Å². The first-order valence-corrected chi connectivity index (χ1v) is 8.18. The second kappa shape index (κ2) is 7.50. The molecule has 1 heterocycles. The molecule has 1 aliphatic rings. The van der Waals surface area contributed by atoms with Crippen LogP contribution in [0.15, 0.2) is 24.3 Å². The molecule has 4 nitrogen and oxygen atoms in total. The van der Waals surface area contributed by atoms with Crippen LogP contribution >= 0.6 is 0 Å². The van der Waals surface area contributed by atoms with Crippen LogP contribution in [0.1, 0.15) is 6.92 Å². The fourth-order valence-electron chi connectivity index (χ4n) is 1.90. The molecular weight excluding hydrogens is 262 g/mol. The van der Waals surface area contributed by atoms with E-state index in [1.807, 2.05) is 31.2 Å². The van der Waals surface area contributed by atoms with Crippen LogP contribution in [0.5, 0.6) is 11.5 Å². The third-order valence-corrected chi connectivity index (χ3v) is 4.47. The van der Waals surface area contributed by atoms with Crippen molar-refractivity contribution >= 4 is 10.8 Å². The molecule has 1 aromatic rings. The molecule has 0 amide bonds. The Labute approximate surface area is 116 Å². The molecule has 1 saturated heterocycles. The van der Waals surface area contributed by atoms with Crippen LogP contribution in [-0.4, -0.2) is 42.0 Å². The van der Waals surface area contributed by atoms with E-state index in [-0.39, 0.29) is 0 Å². The quantitative estimate of drug-likeness (QED) is 0.784. The van der Waals surface area contributed by atoms with Gasteiger partial charge in [-0.2, -0.15) is 0 Å². The van der Waals surface area contributed by atoms with Gasteiger partial charge < -0.3 is 14.8 Å². The topological polar surface area (TPSA) is 47.6 Å². The molecule has 2 rings (SSSR count). The molecule has 19 heavy (non-hydrogen) atoms. The van der Waals surface area contributed by atoms with E-state index in [2.05, 4.69) is 5.32 Å². The molecule has 0 bridgehead atoms. The van der Waals surface area contributed by atoms with Gasteiger partial charge in [0.25, 0.3) is 0 Å². The van der Waals surface area contributed by atoms with Crippen LogP contribution < -0.4 is 14.8 Å². The summed E-state index contributed by atoms with van der Waals surface area (Å²) in [7, 11) is -0.789. The van der Waals surface area contributed by atoms with E-state index >= 15 is 0 Å². The van der Waals surface area contributed by atoms with Crippen molar-refractivity contribution in [2.24, 2.45) is 5.92 Å². The average Bonchev–Trinajstić information content (AvgIpc) is 2.36. The molecule has 1 aromatic carbocycles. The molecule has 0 aromatic heterocycles. The Morgan fingerprint density at radius 2 is 1.95 bits per heavy atom. The smallest absolute Gasteiger partial charge is 0.161 e. The molecule has 5 heteroatoms. The lowest BCUT2D eigenvalue weighted by atomic mass is 10.1. The van der Waals surface area contributed by atoms with Crippen LogP contribution in [0.2, 0.25) is 0 Å². The second-order valence-electron chi connectivity index (χ2n) is 4.56. The minimum Gasteiger partial charge on any atom is -0.490 e. The Morgan fingerprint density at radius 3 is 2.53 bits per heavy atom. The van der Waals surface area contributed by atoms with Gasteiger partial charge in [0.15, 0.2) is 11.5 Å². The third-order valence-electron chi connectivity index (χ3n) is 3.01. The fraction of sp³-hybridized carbons (Fsp3) is 0.571. The van der Waals surface area contributed by atoms with E-state index in [0.717, 1.165) is 30.3 Å². The van der Waals surface area contributed by atoms with E-state index in [4.69, 9.17) is 9.47 Å². The number of hydrogen-bond acceptors (Lipinski definition) is 4. The van der Waals surface area contributed by atoms with Crippen molar-refractivity contribution in [3.63, 3.8) is 0 Å². The van der Waals surface area contributed by atoms with Gasteiger partial charge in [-0.25, -0.2) is 0 Å². The maximum Gasteiger partial charge on any atom is 0.161 e. The number of nitrogens with one attached hydrogen (secondary N) is 1. The first-order valence-electron chi connectivity index (χ1n) is 6.70. The molecule has 0 aliphatic carbocycles. The lowest BCUT2D eigenvalue weighted by molar-refractivity contribution is 0.288. The Balaban J connectivity index is 1.73. The Bertz CT molecular complexity index is 421. The predicted octanol–water partition coefficient (Wildman–Crippen LogP) is 1.43. The van der Waals surface area contributed by atoms with Gasteiger partial charge in [-0.1, -0.05) is 12.1 Å². The first-order chi connectivity index (χ1) is 9.29. The van der Waals surface area contributed by atoms with E-state index in [0.29, 0.717) is 24.9 Å². The van der Waals surface area contributed by atoms with E-state index in [1.54, 1.807) is 0 Å². The molecule has 0 spiro atoms. The summed E-state index contributed by atoms with van der Waals surface area (Å²) in [5.74, 6) is 3.42. The van der Waals surface area contributed by atoms with Crippen molar-refractivity contribution in [3.8, 4) is 11.5 Å². The Morgan fingerprint density at radius 1 is 1.26 bits per heavy atom. The summed E-state index contributed by atoms with van der Waals surface area (Å²) in [6, 6.07) is 7.59. The maximum atomic E-state index is 11.8. The van der Waals surface area contributed by atoms with Crippen molar-refractivity contribution < 1.29 is 13.7 Å². The minimum absolute atomic E-state index is 0.469. The summed E-state index contributed by atoms with van der Waals surface area (Å²) in [5.41, 5.74) is 0. The van der Waals surface area contributed by atoms with E-state index < -0.39 is 10.8 Å². The fourth-order valence-corrected chi connectivity index (χ4v) is 3.10. The van der Waals surface area contributed by atoms with Gasteiger partial charge in [-0.15, -0.1) is 0 Å². The van der Waals surface area contributed by atoms with E-state index in [1.165, 1.54) is 0 Å². The number of para-hydroxylation sites is 2. The molecule has 1 aliphatic heterocycles. The van der Waals surface area contributed by atoms with Gasteiger partial charge in [0.05, 0.1) is 19.0 Å². The van der Waals surface area contributed by atoms with E-state index in [9.17, 15) is 4.21 Å². The third kappa shape index (κ3) is 4.51. The van der Waals surface area contributed by atoms with Crippen LogP contribution in [0.4, 0.5) is 0 Å². The SMILES string of the molecule is CCOc1ccccc1OCCS(=O)CC1CNC1. The highest BCUT2D eigenvalue weighted by atomic mass is 32.2. The molecule has 1 atom stereocenters. The summed E-state index contributed by atoms with van der Waals surface area (Å²) < 4.78 is 23.0. The number of benzene rings is 1. The summed E-state index contributed by atoms with van der Waals surface area (Å²) in [4.78, 5) is 0. The zero-order valence-electron chi connectivity index (χ0n) is 11.3. The van der Waals surface area contributed by atoms with Gasteiger partial charge in [-0.05, 0) is 25.0 Å². The molecule has 0 radical (unpaired) electrons. The lowest BCUT2D eigenvalue weighted by Crippen LogP contribution is -2.45. The molecule has 0 saturated carbocycles. The van der Waals surface area contributed by atoms with Crippen molar-refractivity contribution in [1.82, 2.24) is 5.32 Å². The zero-order chi connectivity index (χ0) is 13.5. The highest BCUT2D eigenvalue weighted by molar-refractivity contribution is 7.85. The largest absolute Gasteiger partial charge is 0.490 e. The van der Waals surface area contributed by atoms with Gasteiger partial charge >= 0.3 is 0 Å². The van der Waals surface area contributed by atoms with Crippen molar-refractivity contribution in [3.05, 3.63) is 24.3 Å². The zero-order valence-corrected chi connectivity index (χ0v) is 12.1. The summed E-state index contributed by atoms with van der Waals surface area (Å²) in [6.07, 6.45) is 0. The standard InChI is InChI=1S/C14H21NO3S/c1-2-17-13-5-3-4-6-14(13)18-7-8-19(16)11-12-9-15-10-12/h3-6,12,15H,2,7-11H2,1H3. The second-order valence-corrected chi connectivity index (χ2v) is 6.18. The highest BCUT2D eigenvalue weighted by Crippen LogP contribution is 2.26. The molecule has 1 N–H and O–H groups in total. The molecule has 1 unspecified atom stereocenters. The maximum absolute atomic E-state index is 11.8. The first kappa shape index (κ1) is 14.3. The van der Waals surface area contributed by atoms with Crippen molar-refractivity contribution in [1.29, 1.82) is 0 Å². The minimum atomic E-state index is -0.789. The van der Waals surface area contributed by atoms with Crippen LogP contribution in [-0.2, 0) is 10.8 Å². The summed E-state index contributed by atoms with van der Waals surface area (Å²) >= 11 is 0. The van der Waals surface area contributed by atoms with Crippen molar-refractivity contribution in [2.75, 3.05) is 37.8 Å². The average molecular weight is 283 g/mol. The number of hydrogen-bond donors (Lipinski definition) is 1. The Hall–Kier alpha value is -1.07. The number of rotatable bonds is 8. The molecule has 1 fully saturated rings. The molecular formula is C14H21NO3S. The van der Waals surface area contributed by atoms with Crippen LogP contribution in [0.25, 0.3) is 0 Å². The lowest BCUT2D eigenvalue weighted by Gasteiger charge is -2.26. The van der Waals surface area contributed by atoms with Crippen LogP contribution in [0, 0.1) is 5.92 Å². The van der Waals surface area contributed by atoms with Gasteiger partial charge in [-0.3, -0.25) is 4.21 Å². The van der Waals surface area contributed by atoms with Gasteiger partial charge in [0, 0.05) is 29.6 Å². The molecule has 106 valence electrons. The summed E-state index contributed by atoms with van der Waals surface area (Å²) in [5, 5.41) is 3.19. The monoisotopic (exact) mass is 283 g/mol. The van der Waals surface area contributed by atoms with Gasteiger partial charge in [0.2, 0.25) is 0 Å². The Kier molecular flexibility index (Phi) is 5.66.